The van der Waals surface area contributed by atoms with Gasteiger partial charge in [-0.1, -0.05) is 37.3 Å². The first-order valence-electron chi connectivity index (χ1n) is 10.6. The summed E-state index contributed by atoms with van der Waals surface area (Å²) in [6.07, 6.45) is 0.865. The monoisotopic (exact) mass is 428 g/mol. The Morgan fingerprint density at radius 1 is 0.875 bits per heavy atom. The Morgan fingerprint density at radius 3 is 2.25 bits per heavy atom. The lowest BCUT2D eigenvalue weighted by Gasteiger charge is -2.16. The second-order valence-corrected chi connectivity index (χ2v) is 7.51. The number of hydrogen-bond acceptors (Lipinski definition) is 4. The molecule has 0 atom stereocenters. The molecule has 3 amide bonds. The van der Waals surface area contributed by atoms with E-state index >= 15 is 0 Å². The molecule has 0 aliphatic carbocycles. The van der Waals surface area contributed by atoms with Crippen LogP contribution in [0.15, 0.2) is 66.7 Å². The summed E-state index contributed by atoms with van der Waals surface area (Å²) in [6, 6.07) is 19.6. The molecule has 1 aliphatic heterocycles. The van der Waals surface area contributed by atoms with Gasteiger partial charge in [-0.3, -0.25) is 19.3 Å². The molecule has 0 radical (unpaired) electrons. The quantitative estimate of drug-likeness (QED) is 0.554. The van der Waals surface area contributed by atoms with Crippen molar-refractivity contribution in [3.63, 3.8) is 0 Å². The summed E-state index contributed by atoms with van der Waals surface area (Å²) in [7, 11) is 0. The topological polar surface area (TPSA) is 75.7 Å². The smallest absolute Gasteiger partial charge is 0.261 e. The number of anilines is 1. The molecule has 0 bridgehead atoms. The van der Waals surface area contributed by atoms with Gasteiger partial charge in [0.15, 0.2) is 0 Å². The van der Waals surface area contributed by atoms with Crippen LogP contribution in [0.1, 0.15) is 56.0 Å². The first-order valence-corrected chi connectivity index (χ1v) is 10.6. The van der Waals surface area contributed by atoms with E-state index in [1.54, 1.807) is 42.5 Å². The molecule has 3 aromatic rings. The molecule has 0 saturated carbocycles. The number of rotatable bonds is 7. The minimum Gasteiger partial charge on any atom is -0.493 e. The number of imide groups is 1. The van der Waals surface area contributed by atoms with Crippen molar-refractivity contribution in [3.8, 4) is 5.75 Å². The third-order valence-electron chi connectivity index (χ3n) is 5.40. The zero-order chi connectivity index (χ0) is 22.7. The van der Waals surface area contributed by atoms with Crippen molar-refractivity contribution >= 4 is 23.4 Å². The van der Waals surface area contributed by atoms with Crippen LogP contribution in [0.25, 0.3) is 0 Å². The number of carbonyl (C=O) groups excluding carboxylic acids is 3. The fourth-order valence-electron chi connectivity index (χ4n) is 3.77. The second-order valence-electron chi connectivity index (χ2n) is 7.51. The maximum atomic E-state index is 13.1. The molecule has 4 rings (SSSR count). The molecule has 32 heavy (non-hydrogen) atoms. The van der Waals surface area contributed by atoms with Gasteiger partial charge in [0, 0.05) is 5.69 Å². The number of nitrogens with zero attached hydrogens (tertiary/aromatic N) is 1. The Balaban J connectivity index is 1.60. The fraction of sp³-hybridized carbons (Fsp3) is 0.192. The van der Waals surface area contributed by atoms with Crippen molar-refractivity contribution in [2.24, 2.45) is 0 Å². The number of amides is 3. The van der Waals surface area contributed by atoms with E-state index in [4.69, 9.17) is 4.74 Å². The summed E-state index contributed by atoms with van der Waals surface area (Å²) in [5, 5.41) is 2.92. The summed E-state index contributed by atoms with van der Waals surface area (Å²) >= 11 is 0. The van der Waals surface area contributed by atoms with Gasteiger partial charge in [-0.05, 0) is 60.9 Å². The summed E-state index contributed by atoms with van der Waals surface area (Å²) in [5.41, 5.74) is 3.63. The van der Waals surface area contributed by atoms with Crippen molar-refractivity contribution in [1.29, 1.82) is 0 Å². The fourth-order valence-corrected chi connectivity index (χ4v) is 3.77. The predicted molar refractivity (Wildman–Crippen MR) is 122 cm³/mol. The van der Waals surface area contributed by atoms with Crippen LogP contribution in [-0.2, 0) is 13.0 Å². The van der Waals surface area contributed by atoms with Crippen molar-refractivity contribution in [1.82, 2.24) is 4.90 Å². The number of hydrogen-bond donors (Lipinski definition) is 1. The normalized spacial score (nSPS) is 12.6. The van der Waals surface area contributed by atoms with Gasteiger partial charge in [0.2, 0.25) is 0 Å². The molecule has 3 aromatic carbocycles. The SMILES string of the molecule is CCOc1ccc(CN2C(=O)c3ccccc3C2=O)cc1C(=O)Nc1cccc(CC)c1. The van der Waals surface area contributed by atoms with E-state index in [1.807, 2.05) is 31.2 Å². The molecule has 0 unspecified atom stereocenters. The minimum absolute atomic E-state index is 0.0738. The zero-order valence-electron chi connectivity index (χ0n) is 18.1. The van der Waals surface area contributed by atoms with Gasteiger partial charge in [0.1, 0.15) is 5.75 Å². The van der Waals surface area contributed by atoms with E-state index in [9.17, 15) is 14.4 Å². The standard InChI is InChI=1S/C26H24N2O4/c1-3-17-8-7-9-19(14-17)27-24(29)22-15-18(12-13-23(22)32-4-2)16-28-25(30)20-10-5-6-11-21(20)26(28)31/h5-15H,3-4,16H2,1-2H3,(H,27,29). The van der Waals surface area contributed by atoms with E-state index < -0.39 is 0 Å². The molecular weight excluding hydrogens is 404 g/mol. The van der Waals surface area contributed by atoms with Crippen LogP contribution >= 0.6 is 0 Å². The third-order valence-corrected chi connectivity index (χ3v) is 5.40. The predicted octanol–water partition coefficient (Wildman–Crippen LogP) is 4.70. The van der Waals surface area contributed by atoms with Crippen LogP contribution in [0.5, 0.6) is 5.75 Å². The highest BCUT2D eigenvalue weighted by molar-refractivity contribution is 6.21. The Morgan fingerprint density at radius 2 is 1.59 bits per heavy atom. The summed E-state index contributed by atoms with van der Waals surface area (Å²) in [4.78, 5) is 39.7. The second kappa shape index (κ2) is 9.06. The van der Waals surface area contributed by atoms with Crippen molar-refractivity contribution in [3.05, 3.63) is 94.5 Å². The number of fused-ring (bicyclic) bond motifs is 1. The molecule has 0 spiro atoms. The van der Waals surface area contributed by atoms with E-state index in [-0.39, 0.29) is 24.3 Å². The average Bonchev–Trinajstić information content (AvgIpc) is 3.05. The molecule has 0 saturated heterocycles. The van der Waals surface area contributed by atoms with E-state index in [1.165, 1.54) is 4.90 Å². The lowest BCUT2D eigenvalue weighted by Crippen LogP contribution is -2.29. The minimum atomic E-state index is -0.332. The molecule has 1 heterocycles. The Labute approximate surface area is 186 Å². The van der Waals surface area contributed by atoms with Crippen molar-refractivity contribution in [2.45, 2.75) is 26.8 Å². The Hall–Kier alpha value is -3.93. The highest BCUT2D eigenvalue weighted by Gasteiger charge is 2.35. The number of benzene rings is 3. The lowest BCUT2D eigenvalue weighted by atomic mass is 10.1. The van der Waals surface area contributed by atoms with E-state index in [2.05, 4.69) is 12.2 Å². The van der Waals surface area contributed by atoms with Gasteiger partial charge in [-0.2, -0.15) is 0 Å². The summed E-state index contributed by atoms with van der Waals surface area (Å²) in [5.74, 6) is -0.530. The largest absolute Gasteiger partial charge is 0.493 e. The highest BCUT2D eigenvalue weighted by atomic mass is 16.5. The lowest BCUT2D eigenvalue weighted by molar-refractivity contribution is 0.0642. The van der Waals surface area contributed by atoms with Gasteiger partial charge in [0.05, 0.1) is 29.8 Å². The van der Waals surface area contributed by atoms with E-state index in [0.717, 1.165) is 12.0 Å². The molecule has 0 fully saturated rings. The average molecular weight is 428 g/mol. The zero-order valence-corrected chi connectivity index (χ0v) is 18.1. The van der Waals surface area contributed by atoms with Crippen LogP contribution < -0.4 is 10.1 Å². The molecule has 162 valence electrons. The van der Waals surface area contributed by atoms with Gasteiger partial charge in [-0.15, -0.1) is 0 Å². The van der Waals surface area contributed by atoms with Crippen LogP contribution in [0.3, 0.4) is 0 Å². The van der Waals surface area contributed by atoms with Crippen LogP contribution in [0, 0.1) is 0 Å². The van der Waals surface area contributed by atoms with Crippen molar-refractivity contribution in [2.75, 3.05) is 11.9 Å². The molecule has 6 heteroatoms. The molecule has 6 nitrogen and oxygen atoms in total. The first kappa shape index (κ1) is 21.3. The van der Waals surface area contributed by atoms with Crippen LogP contribution in [-0.4, -0.2) is 29.2 Å². The highest BCUT2D eigenvalue weighted by Crippen LogP contribution is 2.27. The van der Waals surface area contributed by atoms with Crippen LogP contribution in [0.4, 0.5) is 5.69 Å². The first-order chi connectivity index (χ1) is 15.5. The molecular formula is C26H24N2O4. The third kappa shape index (κ3) is 4.12. The maximum absolute atomic E-state index is 13.1. The molecule has 1 N–H and O–H groups in total. The van der Waals surface area contributed by atoms with Crippen molar-refractivity contribution < 1.29 is 19.1 Å². The number of nitrogens with one attached hydrogen (secondary N) is 1. The number of carbonyl (C=O) groups is 3. The Bertz CT molecular complexity index is 1170. The maximum Gasteiger partial charge on any atom is 0.261 e. The Kier molecular flexibility index (Phi) is 6.03. The van der Waals surface area contributed by atoms with Gasteiger partial charge < -0.3 is 10.1 Å². The summed E-state index contributed by atoms with van der Waals surface area (Å²) < 4.78 is 5.65. The van der Waals surface area contributed by atoms with Gasteiger partial charge in [0.25, 0.3) is 17.7 Å². The van der Waals surface area contributed by atoms with Gasteiger partial charge in [-0.25, -0.2) is 0 Å². The van der Waals surface area contributed by atoms with Gasteiger partial charge >= 0.3 is 0 Å². The van der Waals surface area contributed by atoms with Crippen LogP contribution in [0.2, 0.25) is 0 Å². The molecule has 1 aliphatic rings. The number of aryl methyl sites for hydroxylation is 1. The molecule has 0 aromatic heterocycles. The summed E-state index contributed by atoms with van der Waals surface area (Å²) in [6.45, 7) is 4.38. The van der Waals surface area contributed by atoms with E-state index in [0.29, 0.717) is 40.3 Å². The number of ether oxygens (including phenoxy) is 1.